The summed E-state index contributed by atoms with van der Waals surface area (Å²) in [5.74, 6) is -1.25. The average molecular weight is 358 g/mol. The number of hydrogen-bond donors (Lipinski definition) is 2. The number of carbonyl (C=O) groups is 2. The van der Waals surface area contributed by atoms with Gasteiger partial charge in [-0.15, -0.1) is 0 Å². The van der Waals surface area contributed by atoms with E-state index in [2.05, 4.69) is 10.6 Å². The van der Waals surface area contributed by atoms with E-state index in [0.717, 1.165) is 6.07 Å². The standard InChI is InChI=1S/C16H14N4O6/c1-10-5-6-12(8-14(10)20(25)26)18-15(21)9-17-16(22)11-3-2-4-13(7-11)19(23)24/h2-8H,9H2,1H3,(H,17,22)(H,18,21). The summed E-state index contributed by atoms with van der Waals surface area (Å²) in [4.78, 5) is 44.3. The number of nitro benzene ring substituents is 2. The number of benzene rings is 2. The third kappa shape index (κ3) is 4.60. The van der Waals surface area contributed by atoms with Gasteiger partial charge in [0.1, 0.15) is 0 Å². The van der Waals surface area contributed by atoms with Crippen molar-refractivity contribution >= 4 is 28.9 Å². The zero-order valence-electron chi connectivity index (χ0n) is 13.6. The van der Waals surface area contributed by atoms with Crippen molar-refractivity contribution in [3.63, 3.8) is 0 Å². The van der Waals surface area contributed by atoms with Crippen molar-refractivity contribution in [2.24, 2.45) is 0 Å². The Morgan fingerprint density at radius 1 is 1.04 bits per heavy atom. The Bertz CT molecular complexity index is 896. The smallest absolute Gasteiger partial charge is 0.274 e. The van der Waals surface area contributed by atoms with Gasteiger partial charge < -0.3 is 10.6 Å². The minimum atomic E-state index is -0.654. The van der Waals surface area contributed by atoms with Gasteiger partial charge in [-0.3, -0.25) is 29.8 Å². The number of non-ortho nitro benzene ring substituents is 1. The number of hydrogen-bond acceptors (Lipinski definition) is 6. The lowest BCUT2D eigenvalue weighted by molar-refractivity contribution is -0.385. The van der Waals surface area contributed by atoms with Crippen LogP contribution >= 0.6 is 0 Å². The van der Waals surface area contributed by atoms with Gasteiger partial charge in [-0.1, -0.05) is 12.1 Å². The molecule has 10 nitrogen and oxygen atoms in total. The van der Waals surface area contributed by atoms with Crippen LogP contribution in [-0.2, 0) is 4.79 Å². The Hall–Kier alpha value is -3.82. The van der Waals surface area contributed by atoms with Crippen LogP contribution in [0, 0.1) is 27.2 Å². The number of carbonyl (C=O) groups excluding carboxylic acids is 2. The Kier molecular flexibility index (Phi) is 5.58. The Morgan fingerprint density at radius 3 is 2.42 bits per heavy atom. The number of amides is 2. The monoisotopic (exact) mass is 358 g/mol. The van der Waals surface area contributed by atoms with Gasteiger partial charge in [0.2, 0.25) is 5.91 Å². The molecule has 0 aliphatic rings. The highest BCUT2D eigenvalue weighted by atomic mass is 16.6. The Balaban J connectivity index is 1.97. The molecule has 0 heterocycles. The van der Waals surface area contributed by atoms with Crippen molar-refractivity contribution in [1.82, 2.24) is 5.32 Å². The van der Waals surface area contributed by atoms with Gasteiger partial charge >= 0.3 is 0 Å². The van der Waals surface area contributed by atoms with Gasteiger partial charge in [0.25, 0.3) is 17.3 Å². The van der Waals surface area contributed by atoms with Crippen molar-refractivity contribution in [3.8, 4) is 0 Å². The number of nitro groups is 2. The lowest BCUT2D eigenvalue weighted by Crippen LogP contribution is -2.32. The molecule has 2 aromatic rings. The molecule has 0 bridgehead atoms. The van der Waals surface area contributed by atoms with E-state index in [1.165, 1.54) is 36.4 Å². The van der Waals surface area contributed by atoms with Crippen LogP contribution in [0.25, 0.3) is 0 Å². The molecule has 0 atom stereocenters. The summed E-state index contributed by atoms with van der Waals surface area (Å²) < 4.78 is 0. The molecule has 0 aliphatic carbocycles. The molecule has 10 heteroatoms. The molecule has 2 rings (SSSR count). The molecule has 0 saturated carbocycles. The van der Waals surface area contributed by atoms with E-state index in [1.807, 2.05) is 0 Å². The predicted octanol–water partition coefficient (Wildman–Crippen LogP) is 2.18. The van der Waals surface area contributed by atoms with E-state index in [0.29, 0.717) is 5.56 Å². The van der Waals surface area contributed by atoms with Crippen LogP contribution in [0.15, 0.2) is 42.5 Å². The topological polar surface area (TPSA) is 144 Å². The maximum atomic E-state index is 12.0. The quantitative estimate of drug-likeness (QED) is 0.598. The van der Waals surface area contributed by atoms with Crippen LogP contribution in [0.4, 0.5) is 17.1 Å². The summed E-state index contributed by atoms with van der Waals surface area (Å²) >= 11 is 0. The van der Waals surface area contributed by atoms with Crippen LogP contribution in [-0.4, -0.2) is 28.2 Å². The zero-order chi connectivity index (χ0) is 19.3. The molecule has 0 saturated heterocycles. The Labute approximate surface area is 147 Å². The van der Waals surface area contributed by atoms with Gasteiger partial charge in [0.05, 0.1) is 16.4 Å². The normalized spacial score (nSPS) is 10.0. The fourth-order valence-electron chi connectivity index (χ4n) is 2.11. The van der Waals surface area contributed by atoms with Crippen molar-refractivity contribution in [2.75, 3.05) is 11.9 Å². The molecule has 0 spiro atoms. The third-order valence-electron chi connectivity index (χ3n) is 3.42. The second kappa shape index (κ2) is 7.83. The van der Waals surface area contributed by atoms with Gasteiger partial charge in [-0.2, -0.15) is 0 Å². The number of nitrogens with zero attached hydrogens (tertiary/aromatic N) is 2. The number of rotatable bonds is 6. The maximum Gasteiger partial charge on any atom is 0.274 e. The van der Waals surface area contributed by atoms with Crippen molar-refractivity contribution in [1.29, 1.82) is 0 Å². The van der Waals surface area contributed by atoms with Gasteiger partial charge in [-0.25, -0.2) is 0 Å². The lowest BCUT2D eigenvalue weighted by Gasteiger charge is -2.08. The van der Waals surface area contributed by atoms with Crippen molar-refractivity contribution < 1.29 is 19.4 Å². The first-order chi connectivity index (χ1) is 12.3. The molecule has 0 aliphatic heterocycles. The van der Waals surface area contributed by atoms with E-state index >= 15 is 0 Å². The van der Waals surface area contributed by atoms with E-state index in [1.54, 1.807) is 6.92 Å². The highest BCUT2D eigenvalue weighted by molar-refractivity contribution is 5.99. The van der Waals surface area contributed by atoms with E-state index in [9.17, 15) is 29.8 Å². The van der Waals surface area contributed by atoms with Crippen LogP contribution in [0.1, 0.15) is 15.9 Å². The maximum absolute atomic E-state index is 12.0. The third-order valence-corrected chi connectivity index (χ3v) is 3.42. The lowest BCUT2D eigenvalue weighted by atomic mass is 10.2. The van der Waals surface area contributed by atoms with Gasteiger partial charge in [0.15, 0.2) is 0 Å². The average Bonchev–Trinajstić information content (AvgIpc) is 2.61. The van der Waals surface area contributed by atoms with E-state index in [-0.39, 0.29) is 22.6 Å². The first kappa shape index (κ1) is 18.5. The second-order valence-corrected chi connectivity index (χ2v) is 5.30. The summed E-state index contributed by atoms with van der Waals surface area (Å²) in [6.07, 6.45) is 0. The molecule has 26 heavy (non-hydrogen) atoms. The number of anilines is 1. The Morgan fingerprint density at radius 2 is 1.77 bits per heavy atom. The van der Waals surface area contributed by atoms with Crippen molar-refractivity contribution in [3.05, 3.63) is 73.8 Å². The predicted molar refractivity (Wildman–Crippen MR) is 91.9 cm³/mol. The molecule has 2 amide bonds. The summed E-state index contributed by atoms with van der Waals surface area (Å²) in [7, 11) is 0. The highest BCUT2D eigenvalue weighted by Gasteiger charge is 2.14. The first-order valence-corrected chi connectivity index (χ1v) is 7.35. The molecule has 2 aromatic carbocycles. The van der Waals surface area contributed by atoms with E-state index in [4.69, 9.17) is 0 Å². The van der Waals surface area contributed by atoms with Crippen LogP contribution in [0.5, 0.6) is 0 Å². The van der Waals surface area contributed by atoms with Crippen molar-refractivity contribution in [2.45, 2.75) is 6.92 Å². The summed E-state index contributed by atoms with van der Waals surface area (Å²) in [6.45, 7) is 1.17. The van der Waals surface area contributed by atoms with E-state index < -0.39 is 28.2 Å². The zero-order valence-corrected chi connectivity index (χ0v) is 13.6. The van der Waals surface area contributed by atoms with Crippen LogP contribution in [0.2, 0.25) is 0 Å². The number of aryl methyl sites for hydroxylation is 1. The highest BCUT2D eigenvalue weighted by Crippen LogP contribution is 2.22. The first-order valence-electron chi connectivity index (χ1n) is 7.35. The molecule has 0 aromatic heterocycles. The molecule has 0 radical (unpaired) electrons. The second-order valence-electron chi connectivity index (χ2n) is 5.30. The molecule has 2 N–H and O–H groups in total. The van der Waals surface area contributed by atoms with Gasteiger partial charge in [0, 0.05) is 35.0 Å². The molecular formula is C16H14N4O6. The molecule has 134 valence electrons. The molecular weight excluding hydrogens is 344 g/mol. The minimum Gasteiger partial charge on any atom is -0.343 e. The summed E-state index contributed by atoms with van der Waals surface area (Å²) in [5.41, 5.74) is 0.333. The fraction of sp³-hybridized carbons (Fsp3) is 0.125. The SMILES string of the molecule is Cc1ccc(NC(=O)CNC(=O)c2cccc([N+](=O)[O-])c2)cc1[N+](=O)[O-]. The summed E-state index contributed by atoms with van der Waals surface area (Å²) in [5, 5.41) is 26.4. The van der Waals surface area contributed by atoms with Gasteiger partial charge in [-0.05, 0) is 19.1 Å². The fourth-order valence-corrected chi connectivity index (χ4v) is 2.11. The van der Waals surface area contributed by atoms with Crippen LogP contribution in [0.3, 0.4) is 0 Å². The summed E-state index contributed by atoms with van der Waals surface area (Å²) in [6, 6.07) is 9.29. The number of nitrogens with one attached hydrogen (secondary N) is 2. The molecule has 0 fully saturated rings. The molecule has 0 unspecified atom stereocenters. The van der Waals surface area contributed by atoms with Crippen LogP contribution < -0.4 is 10.6 Å². The minimum absolute atomic E-state index is 0.0398. The largest absolute Gasteiger partial charge is 0.343 e.